The first-order valence-electron chi connectivity index (χ1n) is 8.85. The van der Waals surface area contributed by atoms with E-state index in [4.69, 9.17) is 0 Å². The number of carbonyl (C=O) groups excluding carboxylic acids is 1. The maximum Gasteiger partial charge on any atom is 0.225 e. The number of rotatable bonds is 7. The molecule has 0 aliphatic heterocycles. The Morgan fingerprint density at radius 3 is 1.88 bits per heavy atom. The zero-order valence-corrected chi connectivity index (χ0v) is 15.0. The van der Waals surface area contributed by atoms with Crippen LogP contribution in [0.1, 0.15) is 22.9 Å². The summed E-state index contributed by atoms with van der Waals surface area (Å²) in [5, 5.41) is 3.19. The van der Waals surface area contributed by atoms with Gasteiger partial charge in [-0.25, -0.2) is 0 Å². The summed E-state index contributed by atoms with van der Waals surface area (Å²) in [6, 6.07) is 30.2. The third-order valence-corrected chi connectivity index (χ3v) is 4.34. The van der Waals surface area contributed by atoms with Gasteiger partial charge in [-0.1, -0.05) is 91.0 Å². The van der Waals surface area contributed by atoms with E-state index in [1.807, 2.05) is 73.8 Å². The van der Waals surface area contributed by atoms with Crippen LogP contribution in [0.2, 0.25) is 0 Å². The molecule has 0 aliphatic carbocycles. The highest BCUT2D eigenvalue weighted by Gasteiger charge is 2.19. The van der Waals surface area contributed by atoms with Gasteiger partial charge in [0.25, 0.3) is 0 Å². The van der Waals surface area contributed by atoms with Gasteiger partial charge in [0.1, 0.15) is 6.17 Å². The molecule has 0 radical (unpaired) electrons. The zero-order valence-electron chi connectivity index (χ0n) is 15.0. The lowest BCUT2D eigenvalue weighted by Crippen LogP contribution is -2.39. The minimum atomic E-state index is -0.174. The highest BCUT2D eigenvalue weighted by Crippen LogP contribution is 2.19. The van der Waals surface area contributed by atoms with Gasteiger partial charge in [-0.2, -0.15) is 0 Å². The van der Waals surface area contributed by atoms with Crippen molar-refractivity contribution in [2.45, 2.75) is 19.1 Å². The predicted molar refractivity (Wildman–Crippen MR) is 105 cm³/mol. The number of carbonyl (C=O) groups is 1. The van der Waals surface area contributed by atoms with Gasteiger partial charge in [0.05, 0.1) is 6.42 Å². The van der Waals surface area contributed by atoms with Gasteiger partial charge in [0.2, 0.25) is 5.91 Å². The topological polar surface area (TPSA) is 32.3 Å². The molecule has 26 heavy (non-hydrogen) atoms. The largest absolute Gasteiger partial charge is 0.336 e. The molecule has 3 aromatic rings. The van der Waals surface area contributed by atoms with Crippen LogP contribution in [0.3, 0.4) is 0 Å². The summed E-state index contributed by atoms with van der Waals surface area (Å²) in [7, 11) is 2.04. The van der Waals surface area contributed by atoms with Crippen molar-refractivity contribution in [3.05, 3.63) is 108 Å². The molecular weight excluding hydrogens is 320 g/mol. The summed E-state index contributed by atoms with van der Waals surface area (Å²) in [5.41, 5.74) is 3.31. The van der Waals surface area contributed by atoms with E-state index in [-0.39, 0.29) is 12.1 Å². The van der Waals surface area contributed by atoms with Gasteiger partial charge in [-0.05, 0) is 23.7 Å². The Morgan fingerprint density at radius 1 is 0.808 bits per heavy atom. The standard InChI is InChI=1S/C23H24N2O/c1-25(18-20-13-7-3-8-14-20)23(21-15-9-4-10-16-21)24-22(26)17-19-11-5-2-6-12-19/h2-16,23H,17-18H2,1H3,(H,24,26). The van der Waals surface area contributed by atoms with E-state index in [1.54, 1.807) is 0 Å². The van der Waals surface area contributed by atoms with Crippen molar-refractivity contribution >= 4 is 5.91 Å². The lowest BCUT2D eigenvalue weighted by molar-refractivity contribution is -0.122. The molecular formula is C23H24N2O. The van der Waals surface area contributed by atoms with Crippen LogP contribution < -0.4 is 5.32 Å². The summed E-state index contributed by atoms with van der Waals surface area (Å²) in [6.45, 7) is 0.756. The molecule has 0 heterocycles. The van der Waals surface area contributed by atoms with Crippen molar-refractivity contribution in [2.75, 3.05) is 7.05 Å². The lowest BCUT2D eigenvalue weighted by Gasteiger charge is -2.29. The zero-order chi connectivity index (χ0) is 18.2. The first-order valence-corrected chi connectivity index (χ1v) is 8.85. The van der Waals surface area contributed by atoms with Crippen molar-refractivity contribution in [3.8, 4) is 0 Å². The lowest BCUT2D eigenvalue weighted by atomic mass is 10.1. The number of amides is 1. The number of nitrogens with one attached hydrogen (secondary N) is 1. The van der Waals surface area contributed by atoms with Crippen LogP contribution in [0.15, 0.2) is 91.0 Å². The van der Waals surface area contributed by atoms with E-state index in [2.05, 4.69) is 34.5 Å². The van der Waals surface area contributed by atoms with Crippen molar-refractivity contribution in [1.82, 2.24) is 10.2 Å². The molecule has 1 N–H and O–H groups in total. The molecule has 3 nitrogen and oxygen atoms in total. The molecule has 0 spiro atoms. The third kappa shape index (κ3) is 5.04. The molecule has 0 saturated carbocycles. The Morgan fingerprint density at radius 2 is 1.31 bits per heavy atom. The summed E-state index contributed by atoms with van der Waals surface area (Å²) >= 11 is 0. The summed E-state index contributed by atoms with van der Waals surface area (Å²) in [4.78, 5) is 14.8. The molecule has 0 saturated heterocycles. The van der Waals surface area contributed by atoms with Crippen molar-refractivity contribution in [3.63, 3.8) is 0 Å². The Balaban J connectivity index is 1.74. The Bertz CT molecular complexity index is 803. The second kappa shape index (κ2) is 8.97. The van der Waals surface area contributed by atoms with Gasteiger partial charge in [0.15, 0.2) is 0 Å². The second-order valence-corrected chi connectivity index (χ2v) is 6.44. The number of hydrogen-bond donors (Lipinski definition) is 1. The molecule has 3 aromatic carbocycles. The normalized spacial score (nSPS) is 11.9. The fourth-order valence-corrected chi connectivity index (χ4v) is 3.03. The molecule has 1 unspecified atom stereocenters. The van der Waals surface area contributed by atoms with E-state index in [1.165, 1.54) is 5.56 Å². The quantitative estimate of drug-likeness (QED) is 0.652. The third-order valence-electron chi connectivity index (χ3n) is 4.34. The molecule has 0 aromatic heterocycles. The average molecular weight is 344 g/mol. The Hall–Kier alpha value is -2.91. The molecule has 3 heteroatoms. The van der Waals surface area contributed by atoms with Gasteiger partial charge in [-0.15, -0.1) is 0 Å². The fourth-order valence-electron chi connectivity index (χ4n) is 3.03. The highest BCUT2D eigenvalue weighted by molar-refractivity contribution is 5.79. The van der Waals surface area contributed by atoms with Crippen LogP contribution >= 0.6 is 0 Å². The molecule has 132 valence electrons. The molecule has 0 bridgehead atoms. The van der Waals surface area contributed by atoms with E-state index >= 15 is 0 Å². The number of nitrogens with zero attached hydrogens (tertiary/aromatic N) is 1. The minimum absolute atomic E-state index is 0.0185. The average Bonchev–Trinajstić information content (AvgIpc) is 2.68. The van der Waals surface area contributed by atoms with E-state index < -0.39 is 0 Å². The Labute approximate surface area is 155 Å². The molecule has 0 aliphatic rings. The van der Waals surface area contributed by atoms with Crippen molar-refractivity contribution in [2.24, 2.45) is 0 Å². The smallest absolute Gasteiger partial charge is 0.225 e. The first-order chi connectivity index (χ1) is 12.7. The number of hydrogen-bond acceptors (Lipinski definition) is 2. The number of benzene rings is 3. The van der Waals surface area contributed by atoms with Crippen LogP contribution in [-0.2, 0) is 17.8 Å². The van der Waals surface area contributed by atoms with Crippen molar-refractivity contribution in [1.29, 1.82) is 0 Å². The summed E-state index contributed by atoms with van der Waals surface area (Å²) in [6.07, 6.45) is 0.205. The van der Waals surface area contributed by atoms with Crippen LogP contribution in [0, 0.1) is 0 Å². The van der Waals surface area contributed by atoms with Crippen molar-refractivity contribution < 1.29 is 4.79 Å². The van der Waals surface area contributed by atoms with E-state index in [0.29, 0.717) is 6.42 Å². The summed E-state index contributed by atoms with van der Waals surface area (Å²) < 4.78 is 0. The van der Waals surface area contributed by atoms with E-state index in [9.17, 15) is 4.79 Å². The molecule has 3 rings (SSSR count). The maximum absolute atomic E-state index is 12.6. The monoisotopic (exact) mass is 344 g/mol. The molecule has 1 atom stereocenters. The highest BCUT2D eigenvalue weighted by atomic mass is 16.1. The van der Waals surface area contributed by atoms with E-state index in [0.717, 1.165) is 17.7 Å². The van der Waals surface area contributed by atoms with Gasteiger partial charge >= 0.3 is 0 Å². The van der Waals surface area contributed by atoms with Gasteiger partial charge < -0.3 is 5.32 Å². The van der Waals surface area contributed by atoms with Crippen LogP contribution in [0.5, 0.6) is 0 Å². The van der Waals surface area contributed by atoms with Gasteiger partial charge in [-0.3, -0.25) is 9.69 Å². The summed E-state index contributed by atoms with van der Waals surface area (Å²) in [5.74, 6) is 0.0185. The SMILES string of the molecule is CN(Cc1ccccc1)C(NC(=O)Cc1ccccc1)c1ccccc1. The minimum Gasteiger partial charge on any atom is -0.336 e. The van der Waals surface area contributed by atoms with Gasteiger partial charge in [0, 0.05) is 6.54 Å². The molecule has 0 fully saturated rings. The predicted octanol–water partition coefficient (Wildman–Crippen LogP) is 4.18. The van der Waals surface area contributed by atoms with Crippen LogP contribution in [0.25, 0.3) is 0 Å². The molecule has 1 amide bonds. The fraction of sp³-hybridized carbons (Fsp3) is 0.174. The Kier molecular flexibility index (Phi) is 6.18. The van der Waals surface area contributed by atoms with Crippen LogP contribution in [0.4, 0.5) is 0 Å². The van der Waals surface area contributed by atoms with Crippen LogP contribution in [-0.4, -0.2) is 17.9 Å². The second-order valence-electron chi connectivity index (χ2n) is 6.44. The first kappa shape index (κ1) is 17.9. The maximum atomic E-state index is 12.6.